The van der Waals surface area contributed by atoms with E-state index in [2.05, 4.69) is 17.6 Å². The van der Waals surface area contributed by atoms with Crippen molar-refractivity contribution in [3.63, 3.8) is 0 Å². The first-order chi connectivity index (χ1) is 9.58. The Labute approximate surface area is 134 Å². The molecule has 2 unspecified atom stereocenters. The Morgan fingerprint density at radius 3 is 2.62 bits per heavy atom. The number of benzene rings is 1. The van der Waals surface area contributed by atoms with Gasteiger partial charge in [-0.3, -0.25) is 4.79 Å². The zero-order chi connectivity index (χ0) is 14.5. The van der Waals surface area contributed by atoms with Crippen molar-refractivity contribution >= 4 is 24.0 Å². The monoisotopic (exact) mass is 310 g/mol. The van der Waals surface area contributed by atoms with E-state index in [9.17, 15) is 4.79 Å². The quantitative estimate of drug-likeness (QED) is 0.890. The lowest BCUT2D eigenvalue weighted by Crippen LogP contribution is -2.34. The molecule has 0 aromatic heterocycles. The molecule has 1 saturated heterocycles. The first kappa shape index (κ1) is 18.0. The van der Waals surface area contributed by atoms with Crippen LogP contribution in [0.5, 0.6) is 0 Å². The number of piperidine rings is 1. The first-order valence-electron chi connectivity index (χ1n) is 7.64. The largest absolute Gasteiger partial charge is 0.326 e. The van der Waals surface area contributed by atoms with Gasteiger partial charge >= 0.3 is 0 Å². The van der Waals surface area contributed by atoms with Crippen molar-refractivity contribution in [3.8, 4) is 0 Å². The molecule has 1 amide bonds. The standard InChI is InChI=1S/C17H26N2O.ClH/c1-12-6-4-7-13(2)17(12)19-16(20)10-14(3)15-8-5-9-18-11-15;/h4,6-7,14-15,18H,5,8-11H2,1-3H3,(H,19,20);1H. The number of para-hydroxylation sites is 1. The van der Waals surface area contributed by atoms with E-state index in [0.29, 0.717) is 18.3 Å². The van der Waals surface area contributed by atoms with E-state index in [1.54, 1.807) is 0 Å². The lowest BCUT2D eigenvalue weighted by molar-refractivity contribution is -0.117. The van der Waals surface area contributed by atoms with Crippen LogP contribution in [0, 0.1) is 25.7 Å². The molecule has 1 aromatic carbocycles. The molecule has 21 heavy (non-hydrogen) atoms. The highest BCUT2D eigenvalue weighted by molar-refractivity contribution is 5.92. The topological polar surface area (TPSA) is 41.1 Å². The summed E-state index contributed by atoms with van der Waals surface area (Å²) in [4.78, 5) is 12.2. The Morgan fingerprint density at radius 2 is 2.05 bits per heavy atom. The van der Waals surface area contributed by atoms with Crippen molar-refractivity contribution in [2.45, 2.75) is 40.0 Å². The third-order valence-electron chi connectivity index (χ3n) is 4.39. The summed E-state index contributed by atoms with van der Waals surface area (Å²) < 4.78 is 0. The van der Waals surface area contributed by atoms with E-state index in [1.165, 1.54) is 12.8 Å². The minimum Gasteiger partial charge on any atom is -0.326 e. The van der Waals surface area contributed by atoms with Crippen LogP contribution in [0.1, 0.15) is 37.3 Å². The highest BCUT2D eigenvalue weighted by Gasteiger charge is 2.22. The number of hydrogen-bond acceptors (Lipinski definition) is 2. The molecule has 1 heterocycles. The molecule has 1 aliphatic rings. The van der Waals surface area contributed by atoms with E-state index in [-0.39, 0.29) is 18.3 Å². The Kier molecular flexibility index (Phi) is 7.20. The molecule has 1 fully saturated rings. The predicted octanol–water partition coefficient (Wildman–Crippen LogP) is 3.69. The number of halogens is 1. The van der Waals surface area contributed by atoms with Crippen LogP contribution in [0.4, 0.5) is 5.69 Å². The van der Waals surface area contributed by atoms with Crippen molar-refractivity contribution in [1.82, 2.24) is 5.32 Å². The van der Waals surface area contributed by atoms with Crippen LogP contribution >= 0.6 is 12.4 Å². The number of aryl methyl sites for hydroxylation is 2. The van der Waals surface area contributed by atoms with Crippen LogP contribution < -0.4 is 10.6 Å². The summed E-state index contributed by atoms with van der Waals surface area (Å²) in [5.41, 5.74) is 3.24. The molecule has 0 spiro atoms. The van der Waals surface area contributed by atoms with Gasteiger partial charge in [-0.2, -0.15) is 0 Å². The fourth-order valence-electron chi connectivity index (χ4n) is 3.03. The summed E-state index contributed by atoms with van der Waals surface area (Å²) in [6, 6.07) is 6.10. The highest BCUT2D eigenvalue weighted by atomic mass is 35.5. The number of hydrogen-bond donors (Lipinski definition) is 2. The van der Waals surface area contributed by atoms with Gasteiger partial charge in [-0.25, -0.2) is 0 Å². The molecule has 0 aliphatic carbocycles. The lowest BCUT2D eigenvalue weighted by atomic mass is 9.85. The van der Waals surface area contributed by atoms with E-state index >= 15 is 0 Å². The zero-order valence-electron chi connectivity index (χ0n) is 13.2. The summed E-state index contributed by atoms with van der Waals surface area (Å²) in [7, 11) is 0. The predicted molar refractivity (Wildman–Crippen MR) is 91.2 cm³/mol. The molecular weight excluding hydrogens is 284 g/mol. The Hall–Kier alpha value is -1.06. The molecule has 0 saturated carbocycles. The molecule has 4 heteroatoms. The average Bonchev–Trinajstić information content (AvgIpc) is 2.44. The van der Waals surface area contributed by atoms with Gasteiger partial charge in [0.25, 0.3) is 0 Å². The smallest absolute Gasteiger partial charge is 0.224 e. The van der Waals surface area contributed by atoms with E-state index in [4.69, 9.17) is 0 Å². The normalized spacial score (nSPS) is 19.5. The summed E-state index contributed by atoms with van der Waals surface area (Å²) in [5.74, 6) is 1.21. The lowest BCUT2D eigenvalue weighted by Gasteiger charge is -2.28. The summed E-state index contributed by atoms with van der Waals surface area (Å²) in [6.07, 6.45) is 3.08. The van der Waals surface area contributed by atoms with Gasteiger partial charge in [-0.15, -0.1) is 12.4 Å². The second kappa shape index (κ2) is 8.40. The SMILES string of the molecule is Cc1cccc(C)c1NC(=O)CC(C)C1CCCNC1.Cl. The van der Waals surface area contributed by atoms with Crippen molar-refractivity contribution in [2.75, 3.05) is 18.4 Å². The maximum Gasteiger partial charge on any atom is 0.224 e. The van der Waals surface area contributed by atoms with Crippen LogP contribution in [-0.2, 0) is 4.79 Å². The second-order valence-electron chi connectivity index (χ2n) is 6.10. The average molecular weight is 311 g/mol. The zero-order valence-corrected chi connectivity index (χ0v) is 14.1. The minimum atomic E-state index is 0. The van der Waals surface area contributed by atoms with Gasteiger partial charge in [0.05, 0.1) is 0 Å². The van der Waals surface area contributed by atoms with Crippen LogP contribution in [0.25, 0.3) is 0 Å². The molecule has 3 nitrogen and oxygen atoms in total. The summed E-state index contributed by atoms with van der Waals surface area (Å²) in [5, 5.41) is 6.51. The second-order valence-corrected chi connectivity index (χ2v) is 6.10. The number of anilines is 1. The fourth-order valence-corrected chi connectivity index (χ4v) is 3.03. The number of carbonyl (C=O) groups is 1. The molecule has 1 aromatic rings. The van der Waals surface area contributed by atoms with Gasteiger partial charge < -0.3 is 10.6 Å². The summed E-state index contributed by atoms with van der Waals surface area (Å²) in [6.45, 7) is 8.45. The Morgan fingerprint density at radius 1 is 1.38 bits per heavy atom. The van der Waals surface area contributed by atoms with Crippen LogP contribution in [0.2, 0.25) is 0 Å². The van der Waals surface area contributed by atoms with Gasteiger partial charge in [-0.05, 0) is 62.7 Å². The van der Waals surface area contributed by atoms with E-state index in [1.807, 2.05) is 32.0 Å². The maximum atomic E-state index is 12.2. The Balaban J connectivity index is 0.00000220. The number of rotatable bonds is 4. The maximum absolute atomic E-state index is 12.2. The van der Waals surface area contributed by atoms with Crippen LogP contribution in [0.3, 0.4) is 0 Å². The van der Waals surface area contributed by atoms with Crippen LogP contribution in [-0.4, -0.2) is 19.0 Å². The van der Waals surface area contributed by atoms with Gasteiger partial charge in [0.2, 0.25) is 5.91 Å². The van der Waals surface area contributed by atoms with Gasteiger partial charge in [-0.1, -0.05) is 25.1 Å². The number of carbonyl (C=O) groups excluding carboxylic acids is 1. The van der Waals surface area contributed by atoms with Crippen LogP contribution in [0.15, 0.2) is 18.2 Å². The molecule has 2 atom stereocenters. The third kappa shape index (κ3) is 5.01. The molecule has 1 aliphatic heterocycles. The molecular formula is C17H27ClN2O. The van der Waals surface area contributed by atoms with Crippen molar-refractivity contribution in [1.29, 1.82) is 0 Å². The van der Waals surface area contributed by atoms with E-state index in [0.717, 1.165) is 29.9 Å². The van der Waals surface area contributed by atoms with Gasteiger partial charge in [0.1, 0.15) is 0 Å². The third-order valence-corrected chi connectivity index (χ3v) is 4.39. The minimum absolute atomic E-state index is 0. The van der Waals surface area contributed by atoms with Crippen molar-refractivity contribution in [3.05, 3.63) is 29.3 Å². The molecule has 0 bridgehead atoms. The molecule has 2 rings (SSSR count). The van der Waals surface area contributed by atoms with Crippen molar-refractivity contribution < 1.29 is 4.79 Å². The molecule has 2 N–H and O–H groups in total. The van der Waals surface area contributed by atoms with Gasteiger partial charge in [0.15, 0.2) is 0 Å². The molecule has 118 valence electrons. The number of nitrogens with one attached hydrogen (secondary N) is 2. The first-order valence-corrected chi connectivity index (χ1v) is 7.64. The fraction of sp³-hybridized carbons (Fsp3) is 0.588. The van der Waals surface area contributed by atoms with E-state index < -0.39 is 0 Å². The Bertz CT molecular complexity index is 450. The summed E-state index contributed by atoms with van der Waals surface area (Å²) >= 11 is 0. The highest BCUT2D eigenvalue weighted by Crippen LogP contribution is 2.24. The molecule has 0 radical (unpaired) electrons. The van der Waals surface area contributed by atoms with Gasteiger partial charge in [0, 0.05) is 12.1 Å². The number of amides is 1. The van der Waals surface area contributed by atoms with Crippen molar-refractivity contribution in [2.24, 2.45) is 11.8 Å².